The van der Waals surface area contributed by atoms with Crippen LogP contribution in [0, 0.1) is 5.92 Å². The van der Waals surface area contributed by atoms with Crippen molar-refractivity contribution in [3.05, 3.63) is 35.9 Å². The molecule has 1 saturated heterocycles. The van der Waals surface area contributed by atoms with Crippen molar-refractivity contribution in [3.8, 4) is 0 Å². The van der Waals surface area contributed by atoms with Gasteiger partial charge >= 0.3 is 0 Å². The minimum Gasteiger partial charge on any atom is -0.325 e. The van der Waals surface area contributed by atoms with Crippen molar-refractivity contribution in [2.75, 3.05) is 6.67 Å². The molecule has 1 aromatic carbocycles. The largest absolute Gasteiger partial charge is 0.325 e. The molecule has 1 aliphatic carbocycles. The van der Waals surface area contributed by atoms with Crippen molar-refractivity contribution in [2.24, 2.45) is 5.92 Å². The highest BCUT2D eigenvalue weighted by Gasteiger charge is 2.38. The fourth-order valence-electron chi connectivity index (χ4n) is 2.95. The lowest BCUT2D eigenvalue weighted by molar-refractivity contribution is -0.132. The molecule has 1 aliphatic heterocycles. The average molecular weight is 244 g/mol. The molecule has 2 fully saturated rings. The Balaban J connectivity index is 1.72. The summed E-state index contributed by atoms with van der Waals surface area (Å²) in [5.74, 6) is 0.950. The Hall–Kier alpha value is -1.35. The van der Waals surface area contributed by atoms with Gasteiger partial charge < -0.3 is 4.90 Å². The van der Waals surface area contributed by atoms with Gasteiger partial charge in [-0.05, 0) is 31.2 Å². The standard InChI is InChI=1S/C15H20N2O/c1-11(12-8-5-9-12)17-10-16-14(15(17)18)13-6-3-2-4-7-13/h2-4,6-7,11-12,14,16H,5,8-10H2,1H3. The molecule has 3 nitrogen and oxygen atoms in total. The van der Waals surface area contributed by atoms with Crippen molar-refractivity contribution < 1.29 is 4.79 Å². The van der Waals surface area contributed by atoms with Crippen molar-refractivity contribution >= 4 is 5.91 Å². The SMILES string of the molecule is CC(C1CCC1)N1CNC(c2ccccc2)C1=O. The highest BCUT2D eigenvalue weighted by Crippen LogP contribution is 2.34. The third-order valence-corrected chi connectivity index (χ3v) is 4.45. The van der Waals surface area contributed by atoms with Gasteiger partial charge in [-0.3, -0.25) is 10.1 Å². The molecule has 2 atom stereocenters. The quantitative estimate of drug-likeness (QED) is 0.885. The molecule has 96 valence electrons. The highest BCUT2D eigenvalue weighted by atomic mass is 16.2. The number of carbonyl (C=O) groups excluding carboxylic acids is 1. The van der Waals surface area contributed by atoms with Crippen LogP contribution in [0.2, 0.25) is 0 Å². The second-order valence-corrected chi connectivity index (χ2v) is 5.45. The third-order valence-electron chi connectivity index (χ3n) is 4.45. The number of rotatable bonds is 3. The number of hydrogen-bond donors (Lipinski definition) is 1. The number of carbonyl (C=O) groups is 1. The first-order valence-corrected chi connectivity index (χ1v) is 6.86. The molecule has 2 unspecified atom stereocenters. The summed E-state index contributed by atoms with van der Waals surface area (Å²) in [6.07, 6.45) is 3.88. The Bertz CT molecular complexity index is 427. The summed E-state index contributed by atoms with van der Waals surface area (Å²) in [7, 11) is 0. The summed E-state index contributed by atoms with van der Waals surface area (Å²) in [6, 6.07) is 10.2. The number of nitrogens with one attached hydrogen (secondary N) is 1. The fraction of sp³-hybridized carbons (Fsp3) is 0.533. The monoisotopic (exact) mass is 244 g/mol. The lowest BCUT2D eigenvalue weighted by Crippen LogP contribution is -2.42. The molecule has 1 aromatic rings. The first-order chi connectivity index (χ1) is 8.77. The molecule has 0 bridgehead atoms. The van der Waals surface area contributed by atoms with E-state index < -0.39 is 0 Å². The van der Waals surface area contributed by atoms with E-state index >= 15 is 0 Å². The number of benzene rings is 1. The predicted molar refractivity (Wildman–Crippen MR) is 70.8 cm³/mol. The van der Waals surface area contributed by atoms with Crippen LogP contribution >= 0.6 is 0 Å². The Morgan fingerprint density at radius 1 is 1.28 bits per heavy atom. The fourth-order valence-corrected chi connectivity index (χ4v) is 2.95. The zero-order valence-electron chi connectivity index (χ0n) is 10.8. The second kappa shape index (κ2) is 4.73. The van der Waals surface area contributed by atoms with E-state index in [9.17, 15) is 4.79 Å². The summed E-state index contributed by atoms with van der Waals surface area (Å²) >= 11 is 0. The van der Waals surface area contributed by atoms with E-state index in [2.05, 4.69) is 12.2 Å². The van der Waals surface area contributed by atoms with Gasteiger partial charge in [0.15, 0.2) is 0 Å². The van der Waals surface area contributed by atoms with Gasteiger partial charge in [-0.15, -0.1) is 0 Å². The van der Waals surface area contributed by atoms with Gasteiger partial charge in [-0.1, -0.05) is 36.8 Å². The Morgan fingerprint density at radius 3 is 2.61 bits per heavy atom. The van der Waals surface area contributed by atoms with E-state index in [0.717, 1.165) is 5.56 Å². The maximum Gasteiger partial charge on any atom is 0.245 e. The van der Waals surface area contributed by atoms with Crippen molar-refractivity contribution in [2.45, 2.75) is 38.3 Å². The van der Waals surface area contributed by atoms with Crippen molar-refractivity contribution in [1.82, 2.24) is 10.2 Å². The van der Waals surface area contributed by atoms with Gasteiger partial charge in [0.2, 0.25) is 5.91 Å². The van der Waals surface area contributed by atoms with Crippen LogP contribution in [-0.4, -0.2) is 23.5 Å². The zero-order valence-corrected chi connectivity index (χ0v) is 10.8. The summed E-state index contributed by atoms with van der Waals surface area (Å²) < 4.78 is 0. The molecule has 1 saturated carbocycles. The van der Waals surface area contributed by atoms with Crippen molar-refractivity contribution in [3.63, 3.8) is 0 Å². The van der Waals surface area contributed by atoms with Crippen LogP contribution in [0.3, 0.4) is 0 Å². The Labute approximate surface area is 108 Å². The van der Waals surface area contributed by atoms with Crippen LogP contribution in [0.25, 0.3) is 0 Å². The topological polar surface area (TPSA) is 32.3 Å². The van der Waals surface area contributed by atoms with E-state index in [4.69, 9.17) is 0 Å². The van der Waals surface area contributed by atoms with Gasteiger partial charge in [0.25, 0.3) is 0 Å². The zero-order chi connectivity index (χ0) is 12.5. The van der Waals surface area contributed by atoms with Gasteiger partial charge in [0.1, 0.15) is 6.04 Å². The molecule has 3 heteroatoms. The van der Waals surface area contributed by atoms with Crippen molar-refractivity contribution in [1.29, 1.82) is 0 Å². The van der Waals surface area contributed by atoms with Crippen LogP contribution in [0.1, 0.15) is 37.8 Å². The molecule has 0 aromatic heterocycles. The van der Waals surface area contributed by atoms with E-state index in [0.29, 0.717) is 18.6 Å². The molecule has 0 spiro atoms. The Kier molecular flexibility index (Phi) is 3.08. The van der Waals surface area contributed by atoms with E-state index in [1.165, 1.54) is 19.3 Å². The number of hydrogen-bond acceptors (Lipinski definition) is 2. The summed E-state index contributed by atoms with van der Waals surface area (Å²) in [5.41, 5.74) is 1.07. The predicted octanol–water partition coefficient (Wildman–Crippen LogP) is 2.31. The molecule has 1 N–H and O–H groups in total. The molecular formula is C15H20N2O. The molecule has 0 radical (unpaired) electrons. The molecule has 1 amide bonds. The van der Waals surface area contributed by atoms with Crippen LogP contribution < -0.4 is 5.32 Å². The Morgan fingerprint density at radius 2 is 2.00 bits per heavy atom. The average Bonchev–Trinajstić information content (AvgIpc) is 2.70. The second-order valence-electron chi connectivity index (χ2n) is 5.45. The first kappa shape index (κ1) is 11.7. The smallest absolute Gasteiger partial charge is 0.245 e. The number of amides is 1. The lowest BCUT2D eigenvalue weighted by atomic mass is 9.80. The van der Waals surface area contributed by atoms with Gasteiger partial charge in [0.05, 0.1) is 6.67 Å². The van der Waals surface area contributed by atoms with Crippen LogP contribution in [0.5, 0.6) is 0 Å². The van der Waals surface area contributed by atoms with E-state index in [1.807, 2.05) is 35.2 Å². The summed E-state index contributed by atoms with van der Waals surface area (Å²) in [4.78, 5) is 14.5. The molecular weight excluding hydrogens is 224 g/mol. The summed E-state index contributed by atoms with van der Waals surface area (Å²) in [5, 5.41) is 3.33. The maximum absolute atomic E-state index is 12.5. The van der Waals surface area contributed by atoms with Gasteiger partial charge in [-0.25, -0.2) is 0 Å². The van der Waals surface area contributed by atoms with Gasteiger partial charge in [0, 0.05) is 6.04 Å². The summed E-state index contributed by atoms with van der Waals surface area (Å²) in [6.45, 7) is 2.88. The van der Waals surface area contributed by atoms with E-state index in [-0.39, 0.29) is 11.9 Å². The third kappa shape index (κ3) is 1.93. The van der Waals surface area contributed by atoms with Crippen LogP contribution in [0.15, 0.2) is 30.3 Å². The van der Waals surface area contributed by atoms with Crippen LogP contribution in [-0.2, 0) is 4.79 Å². The normalized spacial score (nSPS) is 26.2. The highest BCUT2D eigenvalue weighted by molar-refractivity contribution is 5.85. The minimum absolute atomic E-state index is 0.145. The molecule has 3 rings (SSSR count). The first-order valence-electron chi connectivity index (χ1n) is 6.86. The molecule has 18 heavy (non-hydrogen) atoms. The molecule has 2 aliphatic rings. The van der Waals surface area contributed by atoms with Crippen LogP contribution in [0.4, 0.5) is 0 Å². The minimum atomic E-state index is -0.145. The lowest BCUT2D eigenvalue weighted by Gasteiger charge is -2.36. The van der Waals surface area contributed by atoms with E-state index in [1.54, 1.807) is 0 Å². The molecule has 1 heterocycles. The van der Waals surface area contributed by atoms with Gasteiger partial charge in [-0.2, -0.15) is 0 Å². The number of nitrogens with zero attached hydrogens (tertiary/aromatic N) is 1. The maximum atomic E-state index is 12.5.